The molecule has 0 amide bonds. The number of rotatable bonds is 4. The Morgan fingerprint density at radius 2 is 2.00 bits per heavy atom. The number of thioether (sulfide) groups is 1. The van der Waals surface area contributed by atoms with Crippen LogP contribution in [0.1, 0.15) is 38.7 Å². The zero-order chi connectivity index (χ0) is 12.3. The Morgan fingerprint density at radius 3 is 2.53 bits per heavy atom. The van der Waals surface area contributed by atoms with E-state index in [0.717, 1.165) is 6.54 Å². The molecule has 2 heteroatoms. The molecule has 94 valence electrons. The Kier molecular flexibility index (Phi) is 4.16. The zero-order valence-electron chi connectivity index (χ0n) is 11.1. The van der Waals surface area contributed by atoms with Gasteiger partial charge in [-0.1, -0.05) is 26.0 Å². The second kappa shape index (κ2) is 5.45. The normalized spacial score (nSPS) is 22.9. The minimum atomic E-state index is 0.542. The second-order valence-corrected chi connectivity index (χ2v) is 6.71. The molecular weight excluding hydrogens is 226 g/mol. The van der Waals surface area contributed by atoms with E-state index in [1.165, 1.54) is 29.7 Å². The van der Waals surface area contributed by atoms with Gasteiger partial charge in [0.1, 0.15) is 0 Å². The number of benzene rings is 1. The van der Waals surface area contributed by atoms with Crippen LogP contribution in [0.5, 0.6) is 0 Å². The maximum Gasteiger partial charge on any atom is 0.0208 e. The molecule has 2 rings (SSSR count). The van der Waals surface area contributed by atoms with Gasteiger partial charge < -0.3 is 5.32 Å². The molecule has 0 radical (unpaired) electrons. The molecule has 0 aromatic heterocycles. The van der Waals surface area contributed by atoms with Gasteiger partial charge in [-0.2, -0.15) is 0 Å². The van der Waals surface area contributed by atoms with E-state index in [4.69, 9.17) is 0 Å². The summed E-state index contributed by atoms with van der Waals surface area (Å²) < 4.78 is 0. The van der Waals surface area contributed by atoms with Crippen molar-refractivity contribution in [2.24, 2.45) is 5.41 Å². The molecule has 1 aliphatic carbocycles. The van der Waals surface area contributed by atoms with Gasteiger partial charge in [-0.05, 0) is 48.6 Å². The fraction of sp³-hybridized carbons (Fsp3) is 0.600. The van der Waals surface area contributed by atoms with Crippen molar-refractivity contribution in [2.75, 3.05) is 6.26 Å². The highest BCUT2D eigenvalue weighted by atomic mass is 32.2. The first-order valence-electron chi connectivity index (χ1n) is 6.45. The quantitative estimate of drug-likeness (QED) is 0.807. The van der Waals surface area contributed by atoms with E-state index in [0.29, 0.717) is 11.5 Å². The summed E-state index contributed by atoms with van der Waals surface area (Å²) in [5.41, 5.74) is 1.94. The van der Waals surface area contributed by atoms with Gasteiger partial charge in [0.2, 0.25) is 0 Å². The molecule has 1 atom stereocenters. The Bertz CT molecular complexity index is 356. The van der Waals surface area contributed by atoms with E-state index in [9.17, 15) is 0 Å². The van der Waals surface area contributed by atoms with E-state index in [2.05, 4.69) is 49.7 Å². The Morgan fingerprint density at radius 1 is 1.29 bits per heavy atom. The molecule has 1 N–H and O–H groups in total. The van der Waals surface area contributed by atoms with E-state index >= 15 is 0 Å². The van der Waals surface area contributed by atoms with Crippen LogP contribution in [0.4, 0.5) is 0 Å². The number of nitrogens with one attached hydrogen (secondary N) is 1. The molecule has 0 spiro atoms. The third-order valence-electron chi connectivity index (χ3n) is 3.72. The highest BCUT2D eigenvalue weighted by molar-refractivity contribution is 7.98. The van der Waals surface area contributed by atoms with Gasteiger partial charge in [0.25, 0.3) is 0 Å². The van der Waals surface area contributed by atoms with E-state index in [-0.39, 0.29) is 0 Å². The van der Waals surface area contributed by atoms with Gasteiger partial charge in [-0.15, -0.1) is 11.8 Å². The first-order valence-corrected chi connectivity index (χ1v) is 7.68. The second-order valence-electron chi connectivity index (χ2n) is 5.83. The molecular formula is C15H23NS. The first-order chi connectivity index (χ1) is 8.09. The van der Waals surface area contributed by atoms with Crippen molar-refractivity contribution >= 4 is 11.8 Å². The zero-order valence-corrected chi connectivity index (χ0v) is 11.9. The van der Waals surface area contributed by atoms with Crippen LogP contribution in [0, 0.1) is 5.41 Å². The highest BCUT2D eigenvalue weighted by Gasteiger charge is 2.30. The maximum absolute atomic E-state index is 3.68. The van der Waals surface area contributed by atoms with Crippen molar-refractivity contribution in [1.82, 2.24) is 5.32 Å². The lowest BCUT2D eigenvalue weighted by atomic mass is 9.92. The summed E-state index contributed by atoms with van der Waals surface area (Å²) in [7, 11) is 0. The topological polar surface area (TPSA) is 12.0 Å². The van der Waals surface area contributed by atoms with Crippen LogP contribution in [-0.2, 0) is 6.54 Å². The van der Waals surface area contributed by atoms with Crippen molar-refractivity contribution < 1.29 is 0 Å². The molecule has 1 unspecified atom stereocenters. The van der Waals surface area contributed by atoms with E-state index < -0.39 is 0 Å². The van der Waals surface area contributed by atoms with Gasteiger partial charge in [0.15, 0.2) is 0 Å². The Labute approximate surface area is 109 Å². The largest absolute Gasteiger partial charge is 0.310 e. The number of hydrogen-bond donors (Lipinski definition) is 1. The van der Waals surface area contributed by atoms with Crippen LogP contribution < -0.4 is 5.32 Å². The molecule has 1 nitrogen and oxygen atoms in total. The summed E-state index contributed by atoms with van der Waals surface area (Å²) >= 11 is 1.80. The SMILES string of the molecule is CSc1ccc(CNC2CCC(C)(C)C2)cc1. The standard InChI is InChI=1S/C15H23NS/c1-15(2)9-8-13(10-15)16-11-12-4-6-14(17-3)7-5-12/h4-7,13,16H,8-11H2,1-3H3. The average Bonchev–Trinajstić information content (AvgIpc) is 2.67. The van der Waals surface area contributed by atoms with E-state index in [1.807, 2.05) is 0 Å². The summed E-state index contributed by atoms with van der Waals surface area (Å²) in [5, 5.41) is 3.68. The molecule has 1 aliphatic rings. The monoisotopic (exact) mass is 249 g/mol. The van der Waals surface area contributed by atoms with Crippen LogP contribution >= 0.6 is 11.8 Å². The van der Waals surface area contributed by atoms with Crippen molar-refractivity contribution in [3.8, 4) is 0 Å². The summed E-state index contributed by atoms with van der Waals surface area (Å²) in [6, 6.07) is 9.60. The van der Waals surface area contributed by atoms with Gasteiger partial charge in [0, 0.05) is 17.5 Å². The predicted octanol–water partition coefficient (Wildman–Crippen LogP) is 4.08. The molecule has 0 heterocycles. The van der Waals surface area contributed by atoms with Gasteiger partial charge in [-0.3, -0.25) is 0 Å². The van der Waals surface area contributed by atoms with Crippen molar-refractivity contribution in [3.05, 3.63) is 29.8 Å². The molecule has 0 bridgehead atoms. The summed E-state index contributed by atoms with van der Waals surface area (Å²) in [5.74, 6) is 0. The minimum absolute atomic E-state index is 0.542. The fourth-order valence-corrected chi connectivity index (χ4v) is 3.02. The van der Waals surface area contributed by atoms with Crippen LogP contribution in [0.25, 0.3) is 0 Å². The summed E-state index contributed by atoms with van der Waals surface area (Å²) in [6.07, 6.45) is 6.12. The van der Waals surface area contributed by atoms with Crippen molar-refractivity contribution in [1.29, 1.82) is 0 Å². The highest BCUT2D eigenvalue weighted by Crippen LogP contribution is 2.36. The smallest absolute Gasteiger partial charge is 0.0208 e. The van der Waals surface area contributed by atoms with Crippen LogP contribution in [0.2, 0.25) is 0 Å². The molecule has 1 aromatic carbocycles. The van der Waals surface area contributed by atoms with E-state index in [1.54, 1.807) is 11.8 Å². The van der Waals surface area contributed by atoms with Crippen LogP contribution in [0.15, 0.2) is 29.2 Å². The molecule has 0 aliphatic heterocycles. The third kappa shape index (κ3) is 3.75. The molecule has 17 heavy (non-hydrogen) atoms. The lowest BCUT2D eigenvalue weighted by Gasteiger charge is -2.18. The summed E-state index contributed by atoms with van der Waals surface area (Å²) in [6.45, 7) is 5.76. The van der Waals surface area contributed by atoms with Gasteiger partial charge >= 0.3 is 0 Å². The fourth-order valence-electron chi connectivity index (χ4n) is 2.62. The lowest BCUT2D eigenvalue weighted by molar-refractivity contribution is 0.364. The maximum atomic E-state index is 3.68. The van der Waals surface area contributed by atoms with Gasteiger partial charge in [0.05, 0.1) is 0 Å². The Balaban J connectivity index is 1.82. The Hall–Kier alpha value is -0.470. The molecule has 0 saturated heterocycles. The molecule has 1 fully saturated rings. The molecule has 1 aromatic rings. The average molecular weight is 249 g/mol. The van der Waals surface area contributed by atoms with Crippen molar-refractivity contribution in [3.63, 3.8) is 0 Å². The molecule has 1 saturated carbocycles. The number of hydrogen-bond acceptors (Lipinski definition) is 2. The third-order valence-corrected chi connectivity index (χ3v) is 4.47. The predicted molar refractivity (Wildman–Crippen MR) is 76.5 cm³/mol. The van der Waals surface area contributed by atoms with Crippen LogP contribution in [0.3, 0.4) is 0 Å². The minimum Gasteiger partial charge on any atom is -0.310 e. The first kappa shape index (κ1) is 13.0. The lowest BCUT2D eigenvalue weighted by Crippen LogP contribution is -2.26. The van der Waals surface area contributed by atoms with Crippen LogP contribution in [-0.4, -0.2) is 12.3 Å². The van der Waals surface area contributed by atoms with Crippen molar-refractivity contribution in [2.45, 2.75) is 50.6 Å². The summed E-state index contributed by atoms with van der Waals surface area (Å²) in [4.78, 5) is 1.34. The van der Waals surface area contributed by atoms with Gasteiger partial charge in [-0.25, -0.2) is 0 Å².